The summed E-state index contributed by atoms with van der Waals surface area (Å²) in [6.45, 7) is 15.2. The number of nitrogens with one attached hydrogen (secondary N) is 2. The van der Waals surface area contributed by atoms with Crippen molar-refractivity contribution in [2.24, 2.45) is 18.4 Å². The van der Waals surface area contributed by atoms with E-state index in [4.69, 9.17) is 0 Å². The second-order valence-corrected chi connectivity index (χ2v) is 12.3. The minimum atomic E-state index is -1.02. The molecule has 0 fully saturated rings. The molecule has 0 radical (unpaired) electrons. The van der Waals surface area contributed by atoms with Crippen molar-refractivity contribution in [3.8, 4) is 0 Å². The molecule has 2 rings (SSSR count). The van der Waals surface area contributed by atoms with Gasteiger partial charge in [0.05, 0.1) is 12.1 Å². The second kappa shape index (κ2) is 11.7. The van der Waals surface area contributed by atoms with E-state index in [0.29, 0.717) is 0 Å². The Morgan fingerprint density at radius 3 is 2.13 bits per heavy atom. The number of likely N-dealkylation sites (N-methyl/N-ethyl adjacent to an activating group) is 2. The van der Waals surface area contributed by atoms with Crippen molar-refractivity contribution in [1.29, 1.82) is 0 Å². The van der Waals surface area contributed by atoms with Crippen molar-refractivity contribution >= 4 is 28.7 Å². The van der Waals surface area contributed by atoms with Crippen LogP contribution in [0.1, 0.15) is 61.0 Å². The molecule has 0 saturated carbocycles. The quantitative estimate of drug-likeness (QED) is 0.405. The molecule has 0 bridgehead atoms. The molecule has 1 unspecified atom stereocenters. The summed E-state index contributed by atoms with van der Waals surface area (Å²) in [6.07, 6.45) is 3.67. The molecule has 3 N–H and O–H groups in total. The van der Waals surface area contributed by atoms with Gasteiger partial charge in [-0.2, -0.15) is 0 Å². The Morgan fingerprint density at radius 1 is 1.05 bits per heavy atom. The van der Waals surface area contributed by atoms with Crippen LogP contribution >= 0.6 is 0 Å². The summed E-state index contributed by atoms with van der Waals surface area (Å²) in [5.41, 5.74) is 1.11. The van der Waals surface area contributed by atoms with Crippen LogP contribution < -0.4 is 10.6 Å². The molecule has 8 nitrogen and oxygen atoms in total. The SMILES string of the molecule is CN[C@H](C(=O)N[C@H](C(=O)N(C)C(/C=C(\C)C(=O)O)C(C)C)C(C)(C)C)C(C)(C)c1cn(C)c2ccccc12. The van der Waals surface area contributed by atoms with E-state index in [9.17, 15) is 19.5 Å². The van der Waals surface area contributed by atoms with Crippen LogP contribution in [0.4, 0.5) is 0 Å². The lowest BCUT2D eigenvalue weighted by molar-refractivity contribution is -0.141. The van der Waals surface area contributed by atoms with Gasteiger partial charge in [-0.05, 0) is 36.9 Å². The predicted molar refractivity (Wildman–Crippen MR) is 153 cm³/mol. The summed E-state index contributed by atoms with van der Waals surface area (Å²) in [4.78, 5) is 40.7. The van der Waals surface area contributed by atoms with Gasteiger partial charge in [0.2, 0.25) is 11.8 Å². The number of para-hydroxylation sites is 1. The molecular weight excluding hydrogens is 480 g/mol. The van der Waals surface area contributed by atoms with Gasteiger partial charge in [0.25, 0.3) is 0 Å². The molecule has 2 aromatic rings. The van der Waals surface area contributed by atoms with Crippen LogP contribution in [0.25, 0.3) is 10.9 Å². The fraction of sp³-hybridized carbons (Fsp3) is 0.567. The lowest BCUT2D eigenvalue weighted by Crippen LogP contribution is -2.61. The van der Waals surface area contributed by atoms with Crippen LogP contribution in [-0.4, -0.2) is 64.6 Å². The maximum Gasteiger partial charge on any atom is 0.331 e. The largest absolute Gasteiger partial charge is 0.478 e. The number of benzene rings is 1. The molecule has 0 spiro atoms. The Labute approximate surface area is 227 Å². The van der Waals surface area contributed by atoms with E-state index in [0.717, 1.165) is 16.5 Å². The number of hydrogen-bond donors (Lipinski definition) is 3. The average molecular weight is 527 g/mol. The summed E-state index contributed by atoms with van der Waals surface area (Å²) in [5.74, 6) is -1.59. The summed E-state index contributed by atoms with van der Waals surface area (Å²) >= 11 is 0. The van der Waals surface area contributed by atoms with E-state index < -0.39 is 34.9 Å². The Hall–Kier alpha value is -3.13. The van der Waals surface area contributed by atoms with Gasteiger partial charge in [-0.1, -0.05) is 72.7 Å². The van der Waals surface area contributed by atoms with Crippen LogP contribution in [0.2, 0.25) is 0 Å². The molecule has 8 heteroatoms. The van der Waals surface area contributed by atoms with Crippen molar-refractivity contribution in [1.82, 2.24) is 20.1 Å². The first-order chi connectivity index (χ1) is 17.4. The highest BCUT2D eigenvalue weighted by Crippen LogP contribution is 2.35. The van der Waals surface area contributed by atoms with E-state index in [1.165, 1.54) is 6.92 Å². The van der Waals surface area contributed by atoms with E-state index in [-0.39, 0.29) is 23.3 Å². The maximum atomic E-state index is 13.9. The van der Waals surface area contributed by atoms with Gasteiger partial charge in [-0.3, -0.25) is 9.59 Å². The van der Waals surface area contributed by atoms with Gasteiger partial charge in [0.15, 0.2) is 0 Å². The number of nitrogens with zero attached hydrogens (tertiary/aromatic N) is 2. The van der Waals surface area contributed by atoms with E-state index in [2.05, 4.69) is 33.5 Å². The number of carbonyl (C=O) groups excluding carboxylic acids is 2. The monoisotopic (exact) mass is 526 g/mol. The number of aryl methyl sites for hydroxylation is 1. The van der Waals surface area contributed by atoms with E-state index in [1.807, 2.05) is 67.6 Å². The fourth-order valence-corrected chi connectivity index (χ4v) is 5.13. The molecule has 1 heterocycles. The molecule has 38 heavy (non-hydrogen) atoms. The summed E-state index contributed by atoms with van der Waals surface area (Å²) in [6, 6.07) is 6.23. The summed E-state index contributed by atoms with van der Waals surface area (Å²) in [7, 11) is 5.41. The average Bonchev–Trinajstić information content (AvgIpc) is 3.16. The zero-order chi connectivity index (χ0) is 29.2. The highest BCUT2D eigenvalue weighted by Gasteiger charge is 2.42. The first kappa shape index (κ1) is 31.1. The van der Waals surface area contributed by atoms with E-state index in [1.54, 1.807) is 25.1 Å². The molecule has 210 valence electrons. The van der Waals surface area contributed by atoms with Gasteiger partial charge in [-0.15, -0.1) is 0 Å². The van der Waals surface area contributed by atoms with Crippen molar-refractivity contribution < 1.29 is 19.5 Å². The molecular formula is C30H46N4O4. The van der Waals surface area contributed by atoms with Crippen molar-refractivity contribution in [2.45, 2.75) is 78.9 Å². The number of fused-ring (bicyclic) bond motifs is 1. The number of carbonyl (C=O) groups is 3. The number of carboxylic acid groups (broad SMARTS) is 1. The molecule has 2 amide bonds. The molecule has 1 aromatic carbocycles. The van der Waals surface area contributed by atoms with Crippen LogP contribution in [-0.2, 0) is 26.8 Å². The number of aromatic nitrogens is 1. The van der Waals surface area contributed by atoms with Crippen molar-refractivity contribution in [3.05, 3.63) is 47.7 Å². The minimum Gasteiger partial charge on any atom is -0.478 e. The van der Waals surface area contributed by atoms with Crippen molar-refractivity contribution in [2.75, 3.05) is 14.1 Å². The summed E-state index contributed by atoms with van der Waals surface area (Å²) in [5, 5.41) is 16.7. The number of hydrogen-bond acceptors (Lipinski definition) is 4. The minimum absolute atomic E-state index is 0.0232. The lowest BCUT2D eigenvalue weighted by atomic mass is 9.76. The zero-order valence-electron chi connectivity index (χ0n) is 24.8. The first-order valence-corrected chi connectivity index (χ1v) is 13.2. The van der Waals surface area contributed by atoms with Crippen LogP contribution in [0, 0.1) is 11.3 Å². The highest BCUT2D eigenvalue weighted by molar-refractivity contribution is 5.93. The zero-order valence-corrected chi connectivity index (χ0v) is 24.8. The van der Waals surface area contributed by atoms with Crippen LogP contribution in [0.15, 0.2) is 42.1 Å². The Kier molecular flexibility index (Phi) is 9.59. The van der Waals surface area contributed by atoms with Gasteiger partial charge in [0, 0.05) is 42.2 Å². The molecule has 1 aromatic heterocycles. The maximum absolute atomic E-state index is 13.9. The first-order valence-electron chi connectivity index (χ1n) is 13.2. The molecule has 0 aliphatic carbocycles. The standard InChI is InChI=1S/C30H46N4O4/c1-18(2)23(16-19(3)28(37)38)34(11)27(36)25(29(4,5)6)32-26(35)24(31-9)30(7,8)21-17-33(10)22-15-13-12-14-20(21)22/h12-18,23-25,31H,1-11H3,(H,32,35)(H,37,38)/b19-16+/t23?,24-,25-/m1/s1. The Bertz CT molecular complexity index is 1200. The highest BCUT2D eigenvalue weighted by atomic mass is 16.4. The topological polar surface area (TPSA) is 104 Å². The van der Waals surface area contributed by atoms with Crippen molar-refractivity contribution in [3.63, 3.8) is 0 Å². The van der Waals surface area contributed by atoms with Gasteiger partial charge in [0.1, 0.15) is 6.04 Å². The van der Waals surface area contributed by atoms with Crippen LogP contribution in [0.5, 0.6) is 0 Å². The number of rotatable bonds is 10. The van der Waals surface area contributed by atoms with Gasteiger partial charge >= 0.3 is 5.97 Å². The lowest BCUT2D eigenvalue weighted by Gasteiger charge is -2.39. The van der Waals surface area contributed by atoms with Crippen LogP contribution in [0.3, 0.4) is 0 Å². The third kappa shape index (κ3) is 6.46. The molecule has 3 atom stereocenters. The molecule has 0 aliphatic heterocycles. The molecule has 0 saturated heterocycles. The number of amides is 2. The van der Waals surface area contributed by atoms with Gasteiger partial charge < -0.3 is 25.2 Å². The predicted octanol–water partition coefficient (Wildman–Crippen LogP) is 4.09. The number of aliphatic carboxylic acids is 1. The number of carboxylic acids is 1. The normalized spacial score (nSPS) is 15.3. The second-order valence-electron chi connectivity index (χ2n) is 12.3. The third-order valence-corrected chi connectivity index (χ3v) is 7.50. The fourth-order valence-electron chi connectivity index (χ4n) is 5.13. The van der Waals surface area contributed by atoms with Gasteiger partial charge in [-0.25, -0.2) is 4.79 Å². The Morgan fingerprint density at radius 2 is 1.63 bits per heavy atom. The van der Waals surface area contributed by atoms with E-state index >= 15 is 0 Å². The third-order valence-electron chi connectivity index (χ3n) is 7.50. The smallest absolute Gasteiger partial charge is 0.331 e. The Balaban J connectivity index is 2.43. The molecule has 0 aliphatic rings. The summed E-state index contributed by atoms with van der Waals surface area (Å²) < 4.78 is 2.06.